The average molecular weight is 677 g/mol. The van der Waals surface area contributed by atoms with E-state index >= 15 is 0 Å². The summed E-state index contributed by atoms with van der Waals surface area (Å²) < 4.78 is 6.05. The van der Waals surface area contributed by atoms with Gasteiger partial charge in [-0.2, -0.15) is 0 Å². The van der Waals surface area contributed by atoms with E-state index in [4.69, 9.17) is 9.84 Å². The molecule has 0 bridgehead atoms. The van der Waals surface area contributed by atoms with Gasteiger partial charge in [-0.15, -0.1) is 0 Å². The van der Waals surface area contributed by atoms with Gasteiger partial charge in [0.25, 0.3) is 0 Å². The summed E-state index contributed by atoms with van der Waals surface area (Å²) in [4.78, 5) is 23.3. The SMILES string of the molecule is CCCCCCCC/C=C\CCCCCCCCCCCC(=O)OC(CCCCCCCCCC)CCCCCCCCCCC(=O)O. The summed E-state index contributed by atoms with van der Waals surface area (Å²) in [5.41, 5.74) is 0. The fraction of sp³-hybridized carbons (Fsp3) is 0.909. The monoisotopic (exact) mass is 677 g/mol. The number of aliphatic carboxylic acids is 1. The molecule has 4 nitrogen and oxygen atoms in total. The fourth-order valence-corrected chi connectivity index (χ4v) is 6.77. The van der Waals surface area contributed by atoms with Crippen molar-refractivity contribution in [2.24, 2.45) is 0 Å². The van der Waals surface area contributed by atoms with Crippen LogP contribution in [-0.4, -0.2) is 23.1 Å². The van der Waals surface area contributed by atoms with Crippen LogP contribution in [0.4, 0.5) is 0 Å². The zero-order valence-corrected chi connectivity index (χ0v) is 32.6. The van der Waals surface area contributed by atoms with E-state index in [-0.39, 0.29) is 12.1 Å². The Morgan fingerprint density at radius 3 is 1.12 bits per heavy atom. The Hall–Kier alpha value is -1.32. The quantitative estimate of drug-likeness (QED) is 0.0398. The summed E-state index contributed by atoms with van der Waals surface area (Å²) in [5.74, 6) is -0.650. The van der Waals surface area contributed by atoms with E-state index in [1.807, 2.05) is 0 Å². The van der Waals surface area contributed by atoms with Crippen LogP contribution in [0.3, 0.4) is 0 Å². The Bertz CT molecular complexity index is 687. The van der Waals surface area contributed by atoms with E-state index in [9.17, 15) is 9.59 Å². The molecule has 0 aliphatic heterocycles. The van der Waals surface area contributed by atoms with Crippen molar-refractivity contribution >= 4 is 11.9 Å². The molecule has 0 spiro atoms. The summed E-state index contributed by atoms with van der Waals surface area (Å²) in [6.07, 6.45) is 49.6. The minimum Gasteiger partial charge on any atom is -0.481 e. The third-order valence-corrected chi connectivity index (χ3v) is 9.99. The number of carboxylic acid groups (broad SMARTS) is 1. The molecule has 0 aromatic carbocycles. The van der Waals surface area contributed by atoms with Crippen LogP contribution in [0, 0.1) is 0 Å². The number of hydrogen-bond acceptors (Lipinski definition) is 3. The molecule has 0 radical (unpaired) electrons. The highest BCUT2D eigenvalue weighted by Crippen LogP contribution is 2.19. The van der Waals surface area contributed by atoms with Crippen molar-refractivity contribution < 1.29 is 19.4 Å². The minimum absolute atomic E-state index is 0.0296. The van der Waals surface area contributed by atoms with E-state index in [0.717, 1.165) is 51.4 Å². The van der Waals surface area contributed by atoms with Gasteiger partial charge in [0.15, 0.2) is 0 Å². The third-order valence-electron chi connectivity index (χ3n) is 9.99. The Kier molecular flexibility index (Phi) is 39.0. The van der Waals surface area contributed by atoms with E-state index < -0.39 is 5.97 Å². The first kappa shape index (κ1) is 46.7. The van der Waals surface area contributed by atoms with Crippen LogP contribution in [0.5, 0.6) is 0 Å². The lowest BCUT2D eigenvalue weighted by molar-refractivity contribution is -0.150. The van der Waals surface area contributed by atoms with Crippen LogP contribution in [0.15, 0.2) is 12.2 Å². The number of carbonyl (C=O) groups is 2. The Morgan fingerprint density at radius 1 is 0.438 bits per heavy atom. The van der Waals surface area contributed by atoms with E-state index in [2.05, 4.69) is 26.0 Å². The van der Waals surface area contributed by atoms with Crippen molar-refractivity contribution in [3.05, 3.63) is 12.2 Å². The molecule has 0 aromatic heterocycles. The van der Waals surface area contributed by atoms with Crippen LogP contribution >= 0.6 is 0 Å². The molecule has 48 heavy (non-hydrogen) atoms. The molecule has 0 heterocycles. The number of carbonyl (C=O) groups excluding carboxylic acids is 1. The fourth-order valence-electron chi connectivity index (χ4n) is 6.77. The molecule has 0 fully saturated rings. The van der Waals surface area contributed by atoms with Crippen LogP contribution in [0.25, 0.3) is 0 Å². The van der Waals surface area contributed by atoms with Crippen LogP contribution in [0.1, 0.15) is 251 Å². The maximum absolute atomic E-state index is 12.7. The van der Waals surface area contributed by atoms with Crippen molar-refractivity contribution in [1.29, 1.82) is 0 Å². The van der Waals surface area contributed by atoms with Crippen molar-refractivity contribution in [3.8, 4) is 0 Å². The van der Waals surface area contributed by atoms with Gasteiger partial charge in [-0.25, -0.2) is 0 Å². The molecule has 284 valence electrons. The largest absolute Gasteiger partial charge is 0.481 e. The highest BCUT2D eigenvalue weighted by atomic mass is 16.5. The summed E-state index contributed by atoms with van der Waals surface area (Å²) in [5, 5.41) is 8.75. The van der Waals surface area contributed by atoms with Crippen molar-refractivity contribution in [1.82, 2.24) is 0 Å². The van der Waals surface area contributed by atoms with Gasteiger partial charge in [0.1, 0.15) is 6.10 Å². The smallest absolute Gasteiger partial charge is 0.306 e. The molecule has 0 aliphatic carbocycles. The summed E-state index contributed by atoms with van der Waals surface area (Å²) in [6, 6.07) is 0. The zero-order valence-electron chi connectivity index (χ0n) is 32.6. The Morgan fingerprint density at radius 2 is 0.750 bits per heavy atom. The van der Waals surface area contributed by atoms with Gasteiger partial charge in [0.05, 0.1) is 0 Å². The van der Waals surface area contributed by atoms with Crippen LogP contribution in [-0.2, 0) is 14.3 Å². The zero-order chi connectivity index (χ0) is 35.0. The van der Waals surface area contributed by atoms with Gasteiger partial charge in [0.2, 0.25) is 0 Å². The number of hydrogen-bond donors (Lipinski definition) is 1. The molecule has 1 unspecified atom stereocenters. The van der Waals surface area contributed by atoms with Gasteiger partial charge in [-0.3, -0.25) is 9.59 Å². The summed E-state index contributed by atoms with van der Waals surface area (Å²) in [7, 11) is 0. The molecule has 0 saturated carbocycles. The van der Waals surface area contributed by atoms with Crippen molar-refractivity contribution in [2.45, 2.75) is 258 Å². The van der Waals surface area contributed by atoms with Crippen molar-refractivity contribution in [3.63, 3.8) is 0 Å². The molecule has 1 atom stereocenters. The average Bonchev–Trinajstić information content (AvgIpc) is 3.07. The first-order valence-corrected chi connectivity index (χ1v) is 21.7. The van der Waals surface area contributed by atoms with Crippen LogP contribution in [0.2, 0.25) is 0 Å². The van der Waals surface area contributed by atoms with Crippen molar-refractivity contribution in [2.75, 3.05) is 0 Å². The number of esters is 1. The lowest BCUT2D eigenvalue weighted by Gasteiger charge is -2.18. The molecule has 0 rings (SSSR count). The molecule has 0 aliphatic rings. The standard InChI is InChI=1S/C44H84O4/c1-3-5-7-9-11-13-14-15-16-17-18-19-20-21-22-23-29-33-37-41-44(47)48-42(38-34-30-26-12-10-8-6-4-2)39-35-31-27-24-25-28-32-36-40-43(45)46/h15-16,42H,3-14,17-41H2,1-2H3,(H,45,46)/b16-15-. The van der Waals surface area contributed by atoms with Crippen LogP contribution < -0.4 is 0 Å². The lowest BCUT2D eigenvalue weighted by Crippen LogP contribution is -2.18. The third kappa shape index (κ3) is 39.1. The lowest BCUT2D eigenvalue weighted by atomic mass is 10.0. The molecule has 0 aromatic rings. The second kappa shape index (κ2) is 40.1. The first-order valence-electron chi connectivity index (χ1n) is 21.7. The number of carboxylic acids is 1. The summed E-state index contributed by atoms with van der Waals surface area (Å²) >= 11 is 0. The number of rotatable bonds is 40. The predicted molar refractivity (Wildman–Crippen MR) is 209 cm³/mol. The molecular formula is C44H84O4. The Balaban J connectivity index is 3.92. The highest BCUT2D eigenvalue weighted by molar-refractivity contribution is 5.69. The van der Waals surface area contributed by atoms with E-state index in [0.29, 0.717) is 12.8 Å². The normalized spacial score (nSPS) is 12.2. The number of allylic oxidation sites excluding steroid dienone is 2. The molecule has 0 saturated heterocycles. The highest BCUT2D eigenvalue weighted by Gasteiger charge is 2.14. The van der Waals surface area contributed by atoms with E-state index in [1.165, 1.54) is 173 Å². The van der Waals surface area contributed by atoms with Gasteiger partial charge >= 0.3 is 11.9 Å². The minimum atomic E-state index is -0.679. The number of ether oxygens (including phenoxy) is 1. The van der Waals surface area contributed by atoms with E-state index in [1.54, 1.807) is 0 Å². The molecular weight excluding hydrogens is 592 g/mol. The maximum Gasteiger partial charge on any atom is 0.306 e. The number of unbranched alkanes of at least 4 members (excludes halogenated alkanes) is 29. The van der Waals surface area contributed by atoms with Gasteiger partial charge in [-0.05, 0) is 64.2 Å². The summed E-state index contributed by atoms with van der Waals surface area (Å²) in [6.45, 7) is 4.55. The van der Waals surface area contributed by atoms with Gasteiger partial charge in [0, 0.05) is 12.8 Å². The topological polar surface area (TPSA) is 63.6 Å². The molecule has 0 amide bonds. The van der Waals surface area contributed by atoms with Gasteiger partial charge in [-0.1, -0.05) is 187 Å². The predicted octanol–water partition coefficient (Wildman–Crippen LogP) is 15.0. The maximum atomic E-state index is 12.7. The van der Waals surface area contributed by atoms with Gasteiger partial charge < -0.3 is 9.84 Å². The second-order valence-corrected chi connectivity index (χ2v) is 14.9. The first-order chi connectivity index (χ1) is 23.6. The Labute approximate surface area is 300 Å². The molecule has 4 heteroatoms. The second-order valence-electron chi connectivity index (χ2n) is 14.9. The molecule has 1 N–H and O–H groups in total.